The highest BCUT2D eigenvalue weighted by Gasteiger charge is 2.17. The predicted octanol–water partition coefficient (Wildman–Crippen LogP) is 3.15. The van der Waals surface area contributed by atoms with E-state index in [1.165, 1.54) is 24.3 Å². The van der Waals surface area contributed by atoms with Crippen LogP contribution in [0, 0.1) is 0 Å². The van der Waals surface area contributed by atoms with Crippen molar-refractivity contribution in [1.82, 2.24) is 0 Å². The number of carbonyl (C=O) groups excluding carboxylic acids is 1. The van der Waals surface area contributed by atoms with Crippen LogP contribution in [-0.2, 0) is 4.74 Å². The van der Waals surface area contributed by atoms with Gasteiger partial charge in [0.05, 0.1) is 5.56 Å². The van der Waals surface area contributed by atoms with E-state index >= 15 is 0 Å². The van der Waals surface area contributed by atoms with Crippen LogP contribution in [0.15, 0.2) is 37.4 Å². The normalized spacial score (nSPS) is 9.94. The molecule has 0 aliphatic heterocycles. The van der Waals surface area contributed by atoms with Gasteiger partial charge in [0.1, 0.15) is 11.4 Å². The number of rotatable bonds is 1. The third-order valence-electron chi connectivity index (χ3n) is 1.50. The van der Waals surface area contributed by atoms with E-state index in [0.717, 1.165) is 0 Å². The fraction of sp³-hybridized carbons (Fsp3) is 0.308. The van der Waals surface area contributed by atoms with Crippen LogP contribution in [0.1, 0.15) is 31.1 Å². The van der Waals surface area contributed by atoms with E-state index in [-0.39, 0.29) is 11.7 Å². The third-order valence-corrected chi connectivity index (χ3v) is 1.50. The lowest BCUT2D eigenvalue weighted by Gasteiger charge is -2.19. The SMILES string of the molecule is C=C.CC(C)(C)OC(=O)c1ccc(O)cc1. The topological polar surface area (TPSA) is 46.5 Å². The summed E-state index contributed by atoms with van der Waals surface area (Å²) in [7, 11) is 0. The molecule has 0 bridgehead atoms. The molecule has 0 saturated carbocycles. The van der Waals surface area contributed by atoms with Crippen molar-refractivity contribution < 1.29 is 14.6 Å². The lowest BCUT2D eigenvalue weighted by atomic mass is 10.1. The minimum Gasteiger partial charge on any atom is -0.508 e. The van der Waals surface area contributed by atoms with Crippen molar-refractivity contribution in [2.75, 3.05) is 0 Å². The second-order valence-electron chi connectivity index (χ2n) is 4.05. The van der Waals surface area contributed by atoms with Gasteiger partial charge < -0.3 is 9.84 Å². The molecule has 0 aromatic heterocycles. The van der Waals surface area contributed by atoms with Crippen LogP contribution in [0.5, 0.6) is 5.75 Å². The Hall–Kier alpha value is -1.77. The number of carbonyl (C=O) groups is 1. The van der Waals surface area contributed by atoms with Gasteiger partial charge in [-0.05, 0) is 45.0 Å². The van der Waals surface area contributed by atoms with Crippen LogP contribution in [0.4, 0.5) is 0 Å². The second kappa shape index (κ2) is 5.95. The first-order chi connectivity index (χ1) is 7.38. The summed E-state index contributed by atoms with van der Waals surface area (Å²) in [5, 5.41) is 9.02. The highest BCUT2D eigenvalue weighted by molar-refractivity contribution is 5.89. The Bertz CT molecular complexity index is 333. The van der Waals surface area contributed by atoms with Crippen LogP contribution in [0.25, 0.3) is 0 Å². The zero-order valence-corrected chi connectivity index (χ0v) is 9.99. The lowest BCUT2D eigenvalue weighted by molar-refractivity contribution is 0.00696. The van der Waals surface area contributed by atoms with E-state index in [9.17, 15) is 4.79 Å². The number of ether oxygens (including phenoxy) is 1. The summed E-state index contributed by atoms with van der Waals surface area (Å²) >= 11 is 0. The number of phenolic OH excluding ortho intramolecular Hbond substituents is 1. The van der Waals surface area contributed by atoms with Crippen molar-refractivity contribution in [3.8, 4) is 5.75 Å². The van der Waals surface area contributed by atoms with Gasteiger partial charge in [0, 0.05) is 0 Å². The molecule has 0 heterocycles. The molecule has 16 heavy (non-hydrogen) atoms. The third kappa shape index (κ3) is 5.20. The van der Waals surface area contributed by atoms with Crippen molar-refractivity contribution in [2.45, 2.75) is 26.4 Å². The minimum atomic E-state index is -0.491. The Labute approximate surface area is 96.4 Å². The molecule has 3 nitrogen and oxygen atoms in total. The van der Waals surface area contributed by atoms with Crippen LogP contribution in [0.3, 0.4) is 0 Å². The predicted molar refractivity (Wildman–Crippen MR) is 64.5 cm³/mol. The molecule has 0 fully saturated rings. The summed E-state index contributed by atoms with van der Waals surface area (Å²) < 4.78 is 5.14. The van der Waals surface area contributed by atoms with Gasteiger partial charge in [-0.25, -0.2) is 4.79 Å². The quantitative estimate of drug-likeness (QED) is 0.586. The average molecular weight is 222 g/mol. The molecule has 0 aliphatic carbocycles. The molecule has 0 spiro atoms. The Morgan fingerprint density at radius 2 is 1.62 bits per heavy atom. The molecule has 0 amide bonds. The van der Waals surface area contributed by atoms with Crippen molar-refractivity contribution >= 4 is 5.97 Å². The molecular formula is C13H18O3. The Balaban J connectivity index is 0.00000106. The van der Waals surface area contributed by atoms with E-state index in [1.807, 2.05) is 20.8 Å². The summed E-state index contributed by atoms with van der Waals surface area (Å²) in [6.07, 6.45) is 0. The van der Waals surface area contributed by atoms with Crippen LogP contribution >= 0.6 is 0 Å². The van der Waals surface area contributed by atoms with Gasteiger partial charge in [-0.3, -0.25) is 0 Å². The average Bonchev–Trinajstić information content (AvgIpc) is 2.19. The maximum absolute atomic E-state index is 11.5. The van der Waals surface area contributed by atoms with Crippen LogP contribution in [-0.4, -0.2) is 16.7 Å². The van der Waals surface area contributed by atoms with Crippen molar-refractivity contribution in [2.24, 2.45) is 0 Å². The zero-order valence-electron chi connectivity index (χ0n) is 9.99. The molecule has 3 heteroatoms. The standard InChI is InChI=1S/C11H14O3.C2H4/c1-11(2,3)14-10(13)8-4-6-9(12)7-5-8;1-2/h4-7,12H,1-3H3;1-2H2. The molecule has 0 unspecified atom stereocenters. The molecule has 1 N–H and O–H groups in total. The van der Waals surface area contributed by atoms with Gasteiger partial charge in [-0.15, -0.1) is 13.2 Å². The molecule has 0 aliphatic rings. The fourth-order valence-electron chi connectivity index (χ4n) is 0.935. The number of aromatic hydroxyl groups is 1. The Morgan fingerprint density at radius 1 is 1.19 bits per heavy atom. The zero-order chi connectivity index (χ0) is 12.8. The molecule has 0 saturated heterocycles. The van der Waals surface area contributed by atoms with Gasteiger partial charge in [-0.1, -0.05) is 0 Å². The highest BCUT2D eigenvalue weighted by Crippen LogP contribution is 2.14. The van der Waals surface area contributed by atoms with Crippen molar-refractivity contribution in [1.29, 1.82) is 0 Å². The molecule has 0 radical (unpaired) electrons. The summed E-state index contributed by atoms with van der Waals surface area (Å²) in [6, 6.07) is 5.98. The number of benzene rings is 1. The lowest BCUT2D eigenvalue weighted by Crippen LogP contribution is -2.23. The minimum absolute atomic E-state index is 0.136. The number of hydrogen-bond acceptors (Lipinski definition) is 3. The van der Waals surface area contributed by atoms with Crippen molar-refractivity contribution in [3.05, 3.63) is 43.0 Å². The van der Waals surface area contributed by atoms with E-state index in [4.69, 9.17) is 9.84 Å². The maximum atomic E-state index is 11.5. The molecule has 1 rings (SSSR count). The van der Waals surface area contributed by atoms with E-state index < -0.39 is 5.60 Å². The van der Waals surface area contributed by atoms with Gasteiger partial charge in [0.2, 0.25) is 0 Å². The maximum Gasteiger partial charge on any atom is 0.338 e. The molecule has 1 aromatic carbocycles. The monoisotopic (exact) mass is 222 g/mol. The summed E-state index contributed by atoms with van der Waals surface area (Å²) in [5.41, 5.74) is -0.0488. The Morgan fingerprint density at radius 3 is 2.00 bits per heavy atom. The number of phenols is 1. The van der Waals surface area contributed by atoms with Gasteiger partial charge in [0.15, 0.2) is 0 Å². The second-order valence-corrected chi connectivity index (χ2v) is 4.05. The van der Waals surface area contributed by atoms with E-state index in [0.29, 0.717) is 5.56 Å². The summed E-state index contributed by atoms with van der Waals surface area (Å²) in [4.78, 5) is 11.5. The first-order valence-corrected chi connectivity index (χ1v) is 4.91. The van der Waals surface area contributed by atoms with Gasteiger partial charge >= 0.3 is 5.97 Å². The van der Waals surface area contributed by atoms with Crippen molar-refractivity contribution in [3.63, 3.8) is 0 Å². The van der Waals surface area contributed by atoms with E-state index in [1.54, 1.807) is 0 Å². The molecular weight excluding hydrogens is 204 g/mol. The highest BCUT2D eigenvalue weighted by atomic mass is 16.6. The number of hydrogen-bond donors (Lipinski definition) is 1. The molecule has 88 valence electrons. The first kappa shape index (κ1) is 14.2. The first-order valence-electron chi connectivity index (χ1n) is 4.91. The fourth-order valence-corrected chi connectivity index (χ4v) is 0.935. The largest absolute Gasteiger partial charge is 0.508 e. The molecule has 1 aromatic rings. The Kier molecular flexibility index (Phi) is 5.30. The van der Waals surface area contributed by atoms with Crippen LogP contribution in [0.2, 0.25) is 0 Å². The summed E-state index contributed by atoms with van der Waals surface area (Å²) in [5.74, 6) is -0.241. The smallest absolute Gasteiger partial charge is 0.338 e. The van der Waals surface area contributed by atoms with E-state index in [2.05, 4.69) is 13.2 Å². The summed E-state index contributed by atoms with van der Waals surface area (Å²) in [6.45, 7) is 11.4. The van der Waals surface area contributed by atoms with Crippen LogP contribution < -0.4 is 0 Å². The molecule has 0 atom stereocenters. The number of esters is 1. The van der Waals surface area contributed by atoms with Gasteiger partial charge in [-0.2, -0.15) is 0 Å². The van der Waals surface area contributed by atoms with Gasteiger partial charge in [0.25, 0.3) is 0 Å².